The molecule has 0 aliphatic carbocycles. The van der Waals surface area contributed by atoms with Gasteiger partial charge in [-0.05, 0) is 78.4 Å². The SMILES string of the molecule is COc1cc(CNC(=O)COc2ccc(-c3ccc4c(c3)OCO4)cc2CN2CCCC(C)C2)cc(OC)c1. The molecular weight excluding hydrogens is 496 g/mol. The third kappa shape index (κ3) is 6.75. The summed E-state index contributed by atoms with van der Waals surface area (Å²) >= 11 is 0. The van der Waals surface area contributed by atoms with Gasteiger partial charge in [-0.3, -0.25) is 9.69 Å². The number of hydrogen-bond donors (Lipinski definition) is 1. The molecule has 1 unspecified atom stereocenters. The first-order valence-corrected chi connectivity index (χ1v) is 13.4. The zero-order valence-electron chi connectivity index (χ0n) is 22.8. The molecule has 1 saturated heterocycles. The fraction of sp³-hybridized carbons (Fsp3) is 0.387. The molecule has 1 fully saturated rings. The Labute approximate surface area is 229 Å². The Kier molecular flexibility index (Phi) is 8.42. The maximum absolute atomic E-state index is 12.7. The first-order valence-electron chi connectivity index (χ1n) is 13.4. The third-order valence-electron chi connectivity index (χ3n) is 7.16. The first-order chi connectivity index (χ1) is 19.0. The Hall–Kier alpha value is -3.91. The summed E-state index contributed by atoms with van der Waals surface area (Å²) in [4.78, 5) is 15.2. The lowest BCUT2D eigenvalue weighted by Gasteiger charge is -2.31. The lowest BCUT2D eigenvalue weighted by Crippen LogP contribution is -2.34. The lowest BCUT2D eigenvalue weighted by molar-refractivity contribution is -0.123. The van der Waals surface area contributed by atoms with Gasteiger partial charge in [-0.2, -0.15) is 0 Å². The number of fused-ring (bicyclic) bond motifs is 1. The van der Waals surface area contributed by atoms with Crippen molar-refractivity contribution in [1.82, 2.24) is 10.2 Å². The molecule has 2 aliphatic rings. The van der Waals surface area contributed by atoms with Crippen LogP contribution in [0, 0.1) is 5.92 Å². The van der Waals surface area contributed by atoms with E-state index in [2.05, 4.69) is 23.2 Å². The molecule has 0 saturated carbocycles. The Balaban J connectivity index is 1.28. The van der Waals surface area contributed by atoms with Gasteiger partial charge in [0.05, 0.1) is 14.2 Å². The van der Waals surface area contributed by atoms with Crippen molar-refractivity contribution in [3.63, 3.8) is 0 Å². The number of nitrogens with zero attached hydrogens (tertiary/aromatic N) is 1. The smallest absolute Gasteiger partial charge is 0.258 e. The van der Waals surface area contributed by atoms with E-state index < -0.39 is 0 Å². The van der Waals surface area contributed by atoms with E-state index in [9.17, 15) is 4.79 Å². The fourth-order valence-electron chi connectivity index (χ4n) is 5.13. The topological polar surface area (TPSA) is 78.5 Å². The van der Waals surface area contributed by atoms with Gasteiger partial charge in [-0.25, -0.2) is 0 Å². The van der Waals surface area contributed by atoms with Crippen molar-refractivity contribution in [1.29, 1.82) is 0 Å². The Bertz CT molecular complexity index is 1290. The highest BCUT2D eigenvalue weighted by atomic mass is 16.7. The first kappa shape index (κ1) is 26.7. The summed E-state index contributed by atoms with van der Waals surface area (Å²) in [5.74, 6) is 4.05. The number of methoxy groups -OCH3 is 2. The number of likely N-dealkylation sites (tertiary alicyclic amines) is 1. The number of benzene rings is 3. The minimum absolute atomic E-state index is 0.0755. The molecule has 2 aliphatic heterocycles. The highest BCUT2D eigenvalue weighted by Crippen LogP contribution is 2.37. The minimum atomic E-state index is -0.200. The van der Waals surface area contributed by atoms with Crippen LogP contribution in [0.4, 0.5) is 0 Å². The molecule has 1 N–H and O–H groups in total. The zero-order valence-corrected chi connectivity index (χ0v) is 22.8. The van der Waals surface area contributed by atoms with Crippen molar-refractivity contribution in [2.75, 3.05) is 40.7 Å². The van der Waals surface area contributed by atoms with Crippen LogP contribution in [0.3, 0.4) is 0 Å². The molecule has 2 heterocycles. The number of ether oxygens (including phenoxy) is 5. The predicted octanol–water partition coefficient (Wildman–Crippen LogP) is 5.03. The summed E-state index contributed by atoms with van der Waals surface area (Å²) in [6.45, 7) is 5.70. The highest BCUT2D eigenvalue weighted by Gasteiger charge is 2.20. The van der Waals surface area contributed by atoms with Gasteiger partial charge in [0.2, 0.25) is 6.79 Å². The summed E-state index contributed by atoms with van der Waals surface area (Å²) in [6.07, 6.45) is 2.45. The van der Waals surface area contributed by atoms with Gasteiger partial charge in [0.25, 0.3) is 5.91 Å². The molecule has 5 rings (SSSR count). The molecule has 206 valence electrons. The molecule has 0 bridgehead atoms. The molecule has 8 nitrogen and oxygen atoms in total. The summed E-state index contributed by atoms with van der Waals surface area (Å²) in [7, 11) is 3.20. The number of carbonyl (C=O) groups excluding carboxylic acids is 1. The second-order valence-electron chi connectivity index (χ2n) is 10.2. The third-order valence-corrected chi connectivity index (χ3v) is 7.16. The summed E-state index contributed by atoms with van der Waals surface area (Å²) in [5.41, 5.74) is 4.06. The molecular formula is C31H36N2O6. The molecule has 1 amide bonds. The van der Waals surface area contributed by atoms with E-state index in [1.165, 1.54) is 12.8 Å². The normalized spacial score (nSPS) is 16.5. The predicted molar refractivity (Wildman–Crippen MR) is 149 cm³/mol. The number of carbonyl (C=O) groups is 1. The van der Waals surface area contributed by atoms with E-state index >= 15 is 0 Å². The molecule has 0 aromatic heterocycles. The average Bonchev–Trinajstić information content (AvgIpc) is 3.43. The van der Waals surface area contributed by atoms with Crippen LogP contribution in [0.1, 0.15) is 30.9 Å². The maximum atomic E-state index is 12.7. The van der Waals surface area contributed by atoms with Gasteiger partial charge in [0.15, 0.2) is 18.1 Å². The zero-order chi connectivity index (χ0) is 27.2. The van der Waals surface area contributed by atoms with Gasteiger partial charge in [-0.15, -0.1) is 0 Å². The van der Waals surface area contributed by atoms with Crippen LogP contribution >= 0.6 is 0 Å². The number of hydrogen-bond acceptors (Lipinski definition) is 7. The Morgan fingerprint density at radius 2 is 1.72 bits per heavy atom. The molecule has 0 radical (unpaired) electrons. The molecule has 39 heavy (non-hydrogen) atoms. The van der Waals surface area contributed by atoms with Crippen LogP contribution in [-0.2, 0) is 17.9 Å². The Morgan fingerprint density at radius 1 is 0.974 bits per heavy atom. The van der Waals surface area contributed by atoms with Crippen LogP contribution in [0.5, 0.6) is 28.7 Å². The molecule has 1 atom stereocenters. The van der Waals surface area contributed by atoms with E-state index in [-0.39, 0.29) is 19.3 Å². The Morgan fingerprint density at radius 3 is 2.49 bits per heavy atom. The monoisotopic (exact) mass is 532 g/mol. The summed E-state index contributed by atoms with van der Waals surface area (Å²) < 4.78 is 27.8. The van der Waals surface area contributed by atoms with Crippen molar-refractivity contribution in [3.8, 4) is 39.9 Å². The van der Waals surface area contributed by atoms with Crippen molar-refractivity contribution in [2.45, 2.75) is 32.9 Å². The number of rotatable bonds is 10. The summed E-state index contributed by atoms with van der Waals surface area (Å²) in [6, 6.07) is 17.7. The van der Waals surface area contributed by atoms with E-state index in [1.54, 1.807) is 20.3 Å². The van der Waals surface area contributed by atoms with Crippen molar-refractivity contribution in [3.05, 3.63) is 65.7 Å². The van der Waals surface area contributed by atoms with Gasteiger partial charge in [0, 0.05) is 31.3 Å². The summed E-state index contributed by atoms with van der Waals surface area (Å²) in [5, 5.41) is 2.93. The van der Waals surface area contributed by atoms with Crippen LogP contribution < -0.4 is 29.0 Å². The second kappa shape index (κ2) is 12.3. The molecule has 0 spiro atoms. The lowest BCUT2D eigenvalue weighted by atomic mass is 9.98. The van der Waals surface area contributed by atoms with Crippen LogP contribution in [-0.4, -0.2) is 51.5 Å². The fourth-order valence-corrected chi connectivity index (χ4v) is 5.13. The molecule has 8 heteroatoms. The van der Waals surface area contributed by atoms with Gasteiger partial charge in [0.1, 0.15) is 17.2 Å². The van der Waals surface area contributed by atoms with E-state index in [0.717, 1.165) is 59.1 Å². The van der Waals surface area contributed by atoms with Gasteiger partial charge in [-0.1, -0.05) is 19.1 Å². The van der Waals surface area contributed by atoms with E-state index in [1.807, 2.05) is 42.5 Å². The van der Waals surface area contributed by atoms with Crippen molar-refractivity contribution < 1.29 is 28.5 Å². The highest BCUT2D eigenvalue weighted by molar-refractivity contribution is 5.77. The number of nitrogens with one attached hydrogen (secondary N) is 1. The minimum Gasteiger partial charge on any atom is -0.497 e. The average molecular weight is 533 g/mol. The van der Waals surface area contributed by atoms with Crippen molar-refractivity contribution >= 4 is 5.91 Å². The molecule has 3 aromatic carbocycles. The largest absolute Gasteiger partial charge is 0.497 e. The van der Waals surface area contributed by atoms with Gasteiger partial charge >= 0.3 is 0 Å². The van der Waals surface area contributed by atoms with Crippen LogP contribution in [0.25, 0.3) is 11.1 Å². The number of amides is 1. The van der Waals surface area contributed by atoms with Crippen molar-refractivity contribution in [2.24, 2.45) is 5.92 Å². The number of piperidine rings is 1. The van der Waals surface area contributed by atoms with Crippen LogP contribution in [0.2, 0.25) is 0 Å². The molecule has 3 aromatic rings. The van der Waals surface area contributed by atoms with E-state index in [4.69, 9.17) is 23.7 Å². The van der Waals surface area contributed by atoms with Gasteiger partial charge < -0.3 is 29.0 Å². The second-order valence-corrected chi connectivity index (χ2v) is 10.2. The maximum Gasteiger partial charge on any atom is 0.258 e. The van der Waals surface area contributed by atoms with E-state index in [0.29, 0.717) is 24.0 Å². The standard InChI is InChI=1S/C31H36N2O6/c1-21-5-4-10-33(17-21)18-25-13-23(24-7-9-29-30(14-24)39-20-38-29)6-8-28(25)37-19-31(34)32-16-22-11-26(35-2)15-27(12-22)36-3/h6-9,11-15,21H,4-5,10,16-20H2,1-3H3,(H,32,34). The van der Waals surface area contributed by atoms with Crippen LogP contribution in [0.15, 0.2) is 54.6 Å². The quantitative estimate of drug-likeness (QED) is 0.393.